The number of carbonyl (C=O) groups is 2. The van der Waals surface area contributed by atoms with Crippen LogP contribution in [0.1, 0.15) is 10.4 Å². The van der Waals surface area contributed by atoms with Gasteiger partial charge in [-0.2, -0.15) is 0 Å². The van der Waals surface area contributed by atoms with E-state index in [9.17, 15) is 14.7 Å². The lowest BCUT2D eigenvalue weighted by molar-refractivity contribution is -0.115. The number of phenols is 1. The molecule has 0 bridgehead atoms. The number of aromatic hydroxyl groups is 1. The Kier molecular flexibility index (Phi) is 3.84. The molecule has 0 aliphatic carbocycles. The Bertz CT molecular complexity index is 417. The number of anilines is 1. The molecule has 0 radical (unpaired) electrons. The van der Waals surface area contributed by atoms with Gasteiger partial charge in [0.1, 0.15) is 11.3 Å². The predicted octanol–water partition coefficient (Wildman–Crippen LogP) is 0.248. The highest BCUT2D eigenvalue weighted by Crippen LogP contribution is 2.21. The Labute approximate surface area is 91.9 Å². The molecular formula is C10H12N2O4. The van der Waals surface area contributed by atoms with Crippen LogP contribution in [0.3, 0.4) is 0 Å². The van der Waals surface area contributed by atoms with Gasteiger partial charge in [0.2, 0.25) is 5.91 Å². The number of carbonyl (C=O) groups excluding carboxylic acids is 1. The molecule has 0 aromatic heterocycles. The average Bonchev–Trinajstić information content (AvgIpc) is 2.21. The van der Waals surface area contributed by atoms with Gasteiger partial charge in [0.25, 0.3) is 0 Å². The Morgan fingerprint density at radius 3 is 2.62 bits per heavy atom. The smallest absolute Gasteiger partial charge is 0.339 e. The zero-order chi connectivity index (χ0) is 12.1. The van der Waals surface area contributed by atoms with Crippen molar-refractivity contribution < 1.29 is 19.8 Å². The summed E-state index contributed by atoms with van der Waals surface area (Å²) in [6.45, 7) is 0.128. The van der Waals surface area contributed by atoms with Gasteiger partial charge in [-0.05, 0) is 25.2 Å². The molecule has 86 valence electrons. The fraction of sp³-hybridized carbons (Fsp3) is 0.200. The van der Waals surface area contributed by atoms with Gasteiger partial charge in [0.15, 0.2) is 0 Å². The highest BCUT2D eigenvalue weighted by molar-refractivity contribution is 5.96. The first kappa shape index (κ1) is 12.0. The average molecular weight is 224 g/mol. The third kappa shape index (κ3) is 2.96. The van der Waals surface area contributed by atoms with Crippen molar-refractivity contribution in [3.8, 4) is 5.75 Å². The molecule has 4 N–H and O–H groups in total. The first-order valence-corrected chi connectivity index (χ1v) is 4.55. The van der Waals surface area contributed by atoms with Gasteiger partial charge in [-0.25, -0.2) is 4.79 Å². The fourth-order valence-electron chi connectivity index (χ4n) is 1.15. The number of benzene rings is 1. The van der Waals surface area contributed by atoms with Crippen LogP contribution in [-0.4, -0.2) is 35.7 Å². The molecule has 1 rings (SSSR count). The summed E-state index contributed by atoms with van der Waals surface area (Å²) in [6, 6.07) is 3.85. The van der Waals surface area contributed by atoms with Crippen molar-refractivity contribution in [3.63, 3.8) is 0 Å². The molecule has 0 fully saturated rings. The van der Waals surface area contributed by atoms with Crippen LogP contribution in [0.2, 0.25) is 0 Å². The first-order valence-electron chi connectivity index (χ1n) is 4.55. The van der Waals surface area contributed by atoms with E-state index in [2.05, 4.69) is 10.6 Å². The number of rotatable bonds is 4. The van der Waals surface area contributed by atoms with Crippen LogP contribution in [0.5, 0.6) is 5.75 Å². The summed E-state index contributed by atoms with van der Waals surface area (Å²) in [4.78, 5) is 21.9. The fourth-order valence-corrected chi connectivity index (χ4v) is 1.15. The van der Waals surface area contributed by atoms with Crippen LogP contribution in [0.4, 0.5) is 5.69 Å². The first-order chi connectivity index (χ1) is 7.54. The third-order valence-electron chi connectivity index (χ3n) is 1.85. The second-order valence-electron chi connectivity index (χ2n) is 3.12. The molecule has 0 aliphatic heterocycles. The van der Waals surface area contributed by atoms with E-state index in [1.807, 2.05) is 0 Å². The van der Waals surface area contributed by atoms with Crippen LogP contribution in [-0.2, 0) is 4.79 Å². The lowest BCUT2D eigenvalue weighted by Crippen LogP contribution is -2.25. The van der Waals surface area contributed by atoms with Crippen LogP contribution in [0, 0.1) is 0 Å². The van der Waals surface area contributed by atoms with Crippen molar-refractivity contribution in [2.24, 2.45) is 0 Å². The predicted molar refractivity (Wildman–Crippen MR) is 57.6 cm³/mol. The van der Waals surface area contributed by atoms with Crippen molar-refractivity contribution in [2.75, 3.05) is 18.9 Å². The van der Waals surface area contributed by atoms with Crippen molar-refractivity contribution in [3.05, 3.63) is 23.8 Å². The third-order valence-corrected chi connectivity index (χ3v) is 1.85. The Morgan fingerprint density at radius 2 is 2.06 bits per heavy atom. The van der Waals surface area contributed by atoms with E-state index in [0.717, 1.165) is 0 Å². The zero-order valence-electron chi connectivity index (χ0n) is 8.65. The van der Waals surface area contributed by atoms with Crippen molar-refractivity contribution >= 4 is 17.6 Å². The molecule has 1 aromatic rings. The van der Waals surface area contributed by atoms with Crippen molar-refractivity contribution in [1.29, 1.82) is 0 Å². The monoisotopic (exact) mass is 224 g/mol. The number of hydrogen-bond donors (Lipinski definition) is 4. The minimum atomic E-state index is -1.25. The standard InChI is InChI=1S/C10H12N2O4/c1-11-5-9(14)12-6-2-3-8(13)7(4-6)10(15)16/h2-4,11,13H,5H2,1H3,(H,12,14)(H,15,16). The van der Waals surface area contributed by atoms with E-state index in [4.69, 9.17) is 5.11 Å². The van der Waals surface area contributed by atoms with Crippen LogP contribution >= 0.6 is 0 Å². The molecule has 0 spiro atoms. The van der Waals surface area contributed by atoms with E-state index in [-0.39, 0.29) is 23.8 Å². The molecule has 16 heavy (non-hydrogen) atoms. The molecule has 0 aliphatic rings. The maximum absolute atomic E-state index is 11.2. The Balaban J connectivity index is 2.87. The van der Waals surface area contributed by atoms with E-state index < -0.39 is 5.97 Å². The van der Waals surface area contributed by atoms with Crippen LogP contribution in [0.15, 0.2) is 18.2 Å². The van der Waals surface area contributed by atoms with E-state index in [1.54, 1.807) is 7.05 Å². The number of nitrogens with one attached hydrogen (secondary N) is 2. The minimum absolute atomic E-state index is 0.128. The molecule has 0 atom stereocenters. The summed E-state index contributed by atoms with van der Waals surface area (Å²) in [5.74, 6) is -1.87. The van der Waals surface area contributed by atoms with E-state index >= 15 is 0 Å². The summed E-state index contributed by atoms with van der Waals surface area (Å²) in [5.41, 5.74) is 0.0812. The molecule has 0 saturated heterocycles. The topological polar surface area (TPSA) is 98.7 Å². The summed E-state index contributed by atoms with van der Waals surface area (Å²) < 4.78 is 0. The lowest BCUT2D eigenvalue weighted by Gasteiger charge is -2.06. The maximum atomic E-state index is 11.2. The van der Waals surface area contributed by atoms with Gasteiger partial charge in [0, 0.05) is 5.69 Å². The summed E-state index contributed by atoms with van der Waals surface area (Å²) in [6.07, 6.45) is 0. The molecule has 6 nitrogen and oxygen atoms in total. The van der Waals surface area contributed by atoms with Crippen molar-refractivity contribution in [2.45, 2.75) is 0 Å². The number of amides is 1. The normalized spacial score (nSPS) is 9.81. The molecule has 1 aromatic carbocycles. The Hall–Kier alpha value is -2.08. The van der Waals surface area contributed by atoms with Gasteiger partial charge in [-0.1, -0.05) is 0 Å². The number of hydrogen-bond acceptors (Lipinski definition) is 4. The maximum Gasteiger partial charge on any atom is 0.339 e. The largest absolute Gasteiger partial charge is 0.507 e. The summed E-state index contributed by atoms with van der Waals surface area (Å²) >= 11 is 0. The number of carboxylic acids is 1. The van der Waals surface area contributed by atoms with Gasteiger partial charge in [-0.15, -0.1) is 0 Å². The molecule has 1 amide bonds. The summed E-state index contributed by atoms with van der Waals surface area (Å²) in [5, 5.41) is 23.1. The quantitative estimate of drug-likeness (QED) is 0.549. The zero-order valence-corrected chi connectivity index (χ0v) is 8.65. The highest BCUT2D eigenvalue weighted by Gasteiger charge is 2.11. The molecule has 6 heteroatoms. The number of aromatic carboxylic acids is 1. The van der Waals surface area contributed by atoms with Crippen LogP contribution in [0.25, 0.3) is 0 Å². The van der Waals surface area contributed by atoms with E-state index in [1.165, 1.54) is 18.2 Å². The number of carboxylic acid groups (broad SMARTS) is 1. The molecule has 0 heterocycles. The van der Waals surface area contributed by atoms with E-state index in [0.29, 0.717) is 5.69 Å². The van der Waals surface area contributed by atoms with Gasteiger partial charge >= 0.3 is 5.97 Å². The number of likely N-dealkylation sites (N-methyl/N-ethyl adjacent to an activating group) is 1. The Morgan fingerprint density at radius 1 is 1.38 bits per heavy atom. The van der Waals surface area contributed by atoms with Gasteiger partial charge in [0.05, 0.1) is 6.54 Å². The SMILES string of the molecule is CNCC(=O)Nc1ccc(O)c(C(=O)O)c1. The van der Waals surface area contributed by atoms with Gasteiger partial charge in [-0.3, -0.25) is 4.79 Å². The summed E-state index contributed by atoms with van der Waals surface area (Å²) in [7, 11) is 1.62. The molecular weight excluding hydrogens is 212 g/mol. The highest BCUT2D eigenvalue weighted by atomic mass is 16.4. The second kappa shape index (κ2) is 5.13. The van der Waals surface area contributed by atoms with Crippen LogP contribution < -0.4 is 10.6 Å². The van der Waals surface area contributed by atoms with Crippen molar-refractivity contribution in [1.82, 2.24) is 5.32 Å². The second-order valence-corrected chi connectivity index (χ2v) is 3.12. The molecule has 0 saturated carbocycles. The molecule has 0 unspecified atom stereocenters. The minimum Gasteiger partial charge on any atom is -0.507 e. The lowest BCUT2D eigenvalue weighted by atomic mass is 10.2. The van der Waals surface area contributed by atoms with Gasteiger partial charge < -0.3 is 20.8 Å².